The minimum absolute atomic E-state index is 0.0334. The zero-order valence-corrected chi connectivity index (χ0v) is 31.1. The molecule has 0 heterocycles. The molecule has 0 aliphatic heterocycles. The molecular weight excluding hydrogens is 606 g/mol. The highest BCUT2D eigenvalue weighted by atomic mass is 16.6. The number of rotatable bonds is 32. The fourth-order valence-corrected chi connectivity index (χ4v) is 5.06. The molecule has 0 aliphatic carbocycles. The Morgan fingerprint density at radius 1 is 0.646 bits per heavy atom. The second kappa shape index (κ2) is 31.6. The van der Waals surface area contributed by atoms with Crippen LogP contribution in [0.5, 0.6) is 0 Å². The van der Waals surface area contributed by atoms with E-state index >= 15 is 0 Å². The Morgan fingerprint density at radius 2 is 1.17 bits per heavy atom. The number of hydrogen-bond donors (Lipinski definition) is 0. The number of esters is 2. The third kappa shape index (κ3) is 29.4. The number of allylic oxidation sites excluding steroid dienone is 8. The van der Waals surface area contributed by atoms with Gasteiger partial charge in [0.25, 0.3) is 0 Å². The first kappa shape index (κ1) is 45.3. The summed E-state index contributed by atoms with van der Waals surface area (Å²) in [5.74, 6) is -1.78. The van der Waals surface area contributed by atoms with Crippen LogP contribution in [0, 0.1) is 0 Å². The SMILES string of the molecule is CC/C=C\C/C=C\C/C=C\C/C=C\CCCCCCCCC(=O)OC(COCCC(C(=O)[O-])[N+](C)(C)C)COC(=O)CCCCCCC. The lowest BCUT2D eigenvalue weighted by atomic mass is 10.1. The Hall–Kier alpha value is -2.71. The van der Waals surface area contributed by atoms with Crippen LogP contribution in [0.1, 0.15) is 136 Å². The fourth-order valence-electron chi connectivity index (χ4n) is 5.06. The molecule has 0 saturated carbocycles. The van der Waals surface area contributed by atoms with E-state index in [9.17, 15) is 19.5 Å². The van der Waals surface area contributed by atoms with Gasteiger partial charge in [-0.1, -0.05) is 114 Å². The summed E-state index contributed by atoms with van der Waals surface area (Å²) in [6.07, 6.45) is 34.5. The molecule has 0 aromatic heterocycles. The fraction of sp³-hybridized carbons (Fsp3) is 0.725. The highest BCUT2D eigenvalue weighted by molar-refractivity contribution is 5.70. The van der Waals surface area contributed by atoms with Crippen molar-refractivity contribution in [2.45, 2.75) is 148 Å². The average molecular weight is 676 g/mol. The van der Waals surface area contributed by atoms with E-state index in [0.29, 0.717) is 12.8 Å². The summed E-state index contributed by atoms with van der Waals surface area (Å²) in [6, 6.07) is -0.726. The van der Waals surface area contributed by atoms with Crippen LogP contribution in [0.15, 0.2) is 48.6 Å². The van der Waals surface area contributed by atoms with E-state index in [4.69, 9.17) is 14.2 Å². The Morgan fingerprint density at radius 3 is 1.73 bits per heavy atom. The van der Waals surface area contributed by atoms with Crippen molar-refractivity contribution in [3.8, 4) is 0 Å². The van der Waals surface area contributed by atoms with Gasteiger partial charge in [0.2, 0.25) is 0 Å². The lowest BCUT2D eigenvalue weighted by molar-refractivity contribution is -0.889. The standard InChI is InChI=1S/C40H69NO7/c1-6-8-10-12-13-14-15-16-17-18-19-20-21-22-23-24-25-27-29-31-39(43)48-36(35-47-38(42)30-28-26-11-9-7-2)34-46-33-32-37(40(44)45)41(3,4)5/h8,10,13-14,16-17,19-20,36-37H,6-7,9,11-12,15,18,21-35H2,1-5H3/b10-8-,14-13-,17-16-,20-19-. The van der Waals surface area contributed by atoms with Gasteiger partial charge in [-0.3, -0.25) is 9.59 Å². The number of nitrogens with zero attached hydrogens (tertiary/aromatic N) is 1. The number of aliphatic carboxylic acids is 1. The van der Waals surface area contributed by atoms with Crippen LogP contribution in [0.25, 0.3) is 0 Å². The number of carbonyl (C=O) groups is 3. The Bertz CT molecular complexity index is 932. The Kier molecular flexibility index (Phi) is 29.8. The van der Waals surface area contributed by atoms with Gasteiger partial charge in [0.15, 0.2) is 6.10 Å². The van der Waals surface area contributed by atoms with Gasteiger partial charge in [-0.25, -0.2) is 0 Å². The molecule has 0 radical (unpaired) electrons. The van der Waals surface area contributed by atoms with E-state index in [-0.39, 0.29) is 42.7 Å². The van der Waals surface area contributed by atoms with Gasteiger partial charge in [-0.05, 0) is 51.4 Å². The van der Waals surface area contributed by atoms with Gasteiger partial charge in [0.1, 0.15) is 12.6 Å². The Balaban J connectivity index is 4.31. The van der Waals surface area contributed by atoms with Crippen molar-refractivity contribution in [1.29, 1.82) is 0 Å². The first-order valence-electron chi connectivity index (χ1n) is 18.7. The van der Waals surface area contributed by atoms with Crippen LogP contribution in [-0.4, -0.2) is 75.5 Å². The Labute approximate surface area is 293 Å². The number of ether oxygens (including phenoxy) is 3. The number of unbranched alkanes of at least 4 members (excludes halogenated alkanes) is 10. The molecule has 276 valence electrons. The number of carbonyl (C=O) groups excluding carboxylic acids is 3. The van der Waals surface area contributed by atoms with Crippen molar-refractivity contribution in [3.63, 3.8) is 0 Å². The monoisotopic (exact) mass is 676 g/mol. The number of likely N-dealkylation sites (N-methyl/N-ethyl adjacent to an activating group) is 1. The summed E-state index contributed by atoms with van der Waals surface area (Å²) in [4.78, 5) is 36.4. The molecular formula is C40H69NO7. The van der Waals surface area contributed by atoms with Crippen LogP contribution >= 0.6 is 0 Å². The molecule has 0 N–H and O–H groups in total. The summed E-state index contributed by atoms with van der Waals surface area (Å²) in [6.45, 7) is 4.42. The first-order valence-corrected chi connectivity index (χ1v) is 18.7. The molecule has 0 aromatic carbocycles. The van der Waals surface area contributed by atoms with Crippen molar-refractivity contribution in [2.24, 2.45) is 0 Å². The first-order chi connectivity index (χ1) is 23.1. The average Bonchev–Trinajstić information content (AvgIpc) is 3.03. The largest absolute Gasteiger partial charge is 0.544 e. The number of quaternary nitrogens is 1. The molecule has 48 heavy (non-hydrogen) atoms. The number of carboxylic acids is 1. The zero-order chi connectivity index (χ0) is 35.7. The van der Waals surface area contributed by atoms with Gasteiger partial charge in [-0.15, -0.1) is 0 Å². The molecule has 2 unspecified atom stereocenters. The minimum Gasteiger partial charge on any atom is -0.544 e. The topological polar surface area (TPSA) is 102 Å². The summed E-state index contributed by atoms with van der Waals surface area (Å²) in [5, 5.41) is 11.5. The molecule has 0 amide bonds. The maximum atomic E-state index is 12.6. The quantitative estimate of drug-likeness (QED) is 0.0309. The van der Waals surface area contributed by atoms with E-state index in [0.717, 1.165) is 89.9 Å². The van der Waals surface area contributed by atoms with E-state index in [1.807, 2.05) is 0 Å². The molecule has 0 aliphatic rings. The van der Waals surface area contributed by atoms with Gasteiger partial charge >= 0.3 is 11.9 Å². The molecule has 0 fully saturated rings. The van der Waals surface area contributed by atoms with Crippen molar-refractivity contribution >= 4 is 17.9 Å². The minimum atomic E-state index is -1.13. The molecule has 8 heteroatoms. The zero-order valence-electron chi connectivity index (χ0n) is 31.1. The van der Waals surface area contributed by atoms with Crippen LogP contribution in [0.4, 0.5) is 0 Å². The molecule has 0 aromatic rings. The van der Waals surface area contributed by atoms with Gasteiger partial charge in [0, 0.05) is 19.3 Å². The second-order valence-corrected chi connectivity index (χ2v) is 13.4. The molecule has 0 rings (SSSR count). The van der Waals surface area contributed by atoms with Crippen LogP contribution in [0.2, 0.25) is 0 Å². The smallest absolute Gasteiger partial charge is 0.306 e. The van der Waals surface area contributed by atoms with Crippen LogP contribution in [-0.2, 0) is 28.6 Å². The van der Waals surface area contributed by atoms with E-state index < -0.39 is 18.1 Å². The maximum Gasteiger partial charge on any atom is 0.306 e. The normalized spacial score (nSPS) is 13.6. The summed E-state index contributed by atoms with van der Waals surface area (Å²) >= 11 is 0. The van der Waals surface area contributed by atoms with Crippen LogP contribution < -0.4 is 5.11 Å². The molecule has 2 atom stereocenters. The molecule has 0 saturated heterocycles. The highest BCUT2D eigenvalue weighted by Gasteiger charge is 2.25. The van der Waals surface area contributed by atoms with Crippen molar-refractivity contribution in [2.75, 3.05) is 41.0 Å². The van der Waals surface area contributed by atoms with Crippen molar-refractivity contribution < 1.29 is 38.2 Å². The predicted octanol–water partition coefficient (Wildman–Crippen LogP) is 7.96. The summed E-state index contributed by atoms with van der Waals surface area (Å²) in [5.41, 5.74) is 0. The van der Waals surface area contributed by atoms with Crippen molar-refractivity contribution in [3.05, 3.63) is 48.6 Å². The third-order valence-corrected chi connectivity index (χ3v) is 7.98. The van der Waals surface area contributed by atoms with Crippen LogP contribution in [0.3, 0.4) is 0 Å². The highest BCUT2D eigenvalue weighted by Crippen LogP contribution is 2.12. The van der Waals surface area contributed by atoms with Crippen molar-refractivity contribution in [1.82, 2.24) is 0 Å². The molecule has 0 bridgehead atoms. The summed E-state index contributed by atoms with van der Waals surface area (Å²) < 4.78 is 16.9. The molecule has 8 nitrogen and oxygen atoms in total. The van der Waals surface area contributed by atoms with Gasteiger partial charge < -0.3 is 28.6 Å². The lowest BCUT2D eigenvalue weighted by Crippen LogP contribution is -2.55. The van der Waals surface area contributed by atoms with E-state index in [1.165, 1.54) is 12.8 Å². The van der Waals surface area contributed by atoms with Gasteiger partial charge in [0.05, 0.1) is 40.3 Å². The number of hydrogen-bond acceptors (Lipinski definition) is 7. The molecule has 0 spiro atoms. The van der Waals surface area contributed by atoms with E-state index in [2.05, 4.69) is 62.5 Å². The lowest BCUT2D eigenvalue weighted by Gasteiger charge is -2.34. The van der Waals surface area contributed by atoms with E-state index in [1.54, 1.807) is 21.1 Å². The van der Waals surface area contributed by atoms with Gasteiger partial charge in [-0.2, -0.15) is 0 Å². The number of carboxylic acid groups (broad SMARTS) is 1. The summed E-state index contributed by atoms with van der Waals surface area (Å²) in [7, 11) is 5.37. The predicted molar refractivity (Wildman–Crippen MR) is 194 cm³/mol. The maximum absolute atomic E-state index is 12.6. The second-order valence-electron chi connectivity index (χ2n) is 13.4. The third-order valence-electron chi connectivity index (χ3n) is 7.98.